The van der Waals surface area contributed by atoms with E-state index in [0.29, 0.717) is 19.8 Å². The van der Waals surface area contributed by atoms with Gasteiger partial charge >= 0.3 is 0 Å². The Labute approximate surface area is 132 Å². The van der Waals surface area contributed by atoms with Crippen LogP contribution in [-0.4, -0.2) is 35.8 Å². The summed E-state index contributed by atoms with van der Waals surface area (Å²) in [5, 5.41) is 3.01. The highest BCUT2D eigenvalue weighted by atomic mass is 19.1. The van der Waals surface area contributed by atoms with Crippen molar-refractivity contribution in [2.75, 3.05) is 31.7 Å². The first kappa shape index (κ1) is 13.9. The molecule has 1 N–H and O–H groups in total. The zero-order valence-corrected chi connectivity index (χ0v) is 12.5. The lowest BCUT2D eigenvalue weighted by molar-refractivity contribution is 0.171. The summed E-state index contributed by atoms with van der Waals surface area (Å²) in [6.45, 7) is 1.04. The molecule has 0 aliphatic carbocycles. The number of hydrogen-bond acceptors (Lipinski definition) is 4. The van der Waals surface area contributed by atoms with Crippen molar-refractivity contribution in [2.24, 2.45) is 0 Å². The second-order valence-electron chi connectivity index (χ2n) is 5.28. The van der Waals surface area contributed by atoms with Crippen LogP contribution in [0.3, 0.4) is 0 Å². The maximum atomic E-state index is 12.3. The third-order valence-corrected chi connectivity index (χ3v) is 3.72. The van der Waals surface area contributed by atoms with Gasteiger partial charge in [-0.1, -0.05) is 0 Å². The van der Waals surface area contributed by atoms with Gasteiger partial charge in [-0.05, 0) is 24.3 Å². The van der Waals surface area contributed by atoms with Crippen molar-refractivity contribution in [1.82, 2.24) is 9.38 Å². The van der Waals surface area contributed by atoms with Gasteiger partial charge in [0.1, 0.15) is 25.5 Å². The zero-order valence-electron chi connectivity index (χ0n) is 12.5. The number of imidazole rings is 1. The topological polar surface area (TPSA) is 47.8 Å². The number of fused-ring (bicyclic) bond motifs is 2. The molecule has 0 amide bonds. The fourth-order valence-electron chi connectivity index (χ4n) is 2.63. The number of halogens is 1. The molecule has 0 bridgehead atoms. The van der Waals surface area contributed by atoms with Crippen molar-refractivity contribution in [1.29, 1.82) is 0 Å². The Morgan fingerprint density at radius 1 is 1.13 bits per heavy atom. The van der Waals surface area contributed by atoms with E-state index < -0.39 is 6.67 Å². The van der Waals surface area contributed by atoms with E-state index in [1.54, 1.807) is 0 Å². The third-order valence-electron chi connectivity index (χ3n) is 3.72. The lowest BCUT2D eigenvalue weighted by atomic mass is 10.1. The Morgan fingerprint density at radius 3 is 2.87 bits per heavy atom. The average molecular weight is 313 g/mol. The number of benzene rings is 1. The van der Waals surface area contributed by atoms with Crippen LogP contribution in [-0.2, 0) is 0 Å². The monoisotopic (exact) mass is 313 g/mol. The lowest BCUT2D eigenvalue weighted by Gasteiger charge is -2.18. The van der Waals surface area contributed by atoms with Gasteiger partial charge in [0.2, 0.25) is 0 Å². The van der Waals surface area contributed by atoms with Gasteiger partial charge in [-0.2, -0.15) is 0 Å². The molecule has 0 spiro atoms. The van der Waals surface area contributed by atoms with Gasteiger partial charge in [0, 0.05) is 36.3 Å². The molecule has 0 fully saturated rings. The van der Waals surface area contributed by atoms with Gasteiger partial charge < -0.3 is 19.2 Å². The van der Waals surface area contributed by atoms with Crippen molar-refractivity contribution in [3.63, 3.8) is 0 Å². The van der Waals surface area contributed by atoms with Crippen LogP contribution in [0.15, 0.2) is 42.7 Å². The van der Waals surface area contributed by atoms with Gasteiger partial charge in [0.25, 0.3) is 0 Å². The summed E-state index contributed by atoms with van der Waals surface area (Å²) in [4.78, 5) is 4.63. The number of alkyl halides is 1. The molecular weight excluding hydrogens is 297 g/mol. The van der Waals surface area contributed by atoms with Gasteiger partial charge in [-0.15, -0.1) is 0 Å². The Balaban J connectivity index is 1.68. The molecule has 2 aromatic heterocycles. The molecule has 118 valence electrons. The molecule has 23 heavy (non-hydrogen) atoms. The number of ether oxygens (including phenoxy) is 2. The Morgan fingerprint density at radius 2 is 2.00 bits per heavy atom. The average Bonchev–Trinajstić information content (AvgIpc) is 3.03. The number of nitrogens with zero attached hydrogens (tertiary/aromatic N) is 2. The van der Waals surface area contributed by atoms with E-state index >= 15 is 0 Å². The first-order valence-electron chi connectivity index (χ1n) is 7.52. The van der Waals surface area contributed by atoms with E-state index in [1.165, 1.54) is 0 Å². The minimum absolute atomic E-state index is 0.298. The first-order valence-corrected chi connectivity index (χ1v) is 7.52. The number of nitrogens with one attached hydrogen (secondary N) is 1. The van der Waals surface area contributed by atoms with Crippen LogP contribution >= 0.6 is 0 Å². The van der Waals surface area contributed by atoms with E-state index in [4.69, 9.17) is 9.47 Å². The summed E-state index contributed by atoms with van der Waals surface area (Å²) in [7, 11) is 0. The molecule has 0 unspecified atom stereocenters. The van der Waals surface area contributed by atoms with E-state index in [1.807, 2.05) is 47.1 Å². The van der Waals surface area contributed by atoms with Crippen LogP contribution in [0, 0.1) is 0 Å². The van der Waals surface area contributed by atoms with Gasteiger partial charge in [0.05, 0.1) is 5.69 Å². The molecule has 0 saturated heterocycles. The standard InChI is InChI=1S/C17H16FN3O2/c18-4-5-19-13-3-6-21-11-14(20-17(21)10-13)12-1-2-15-16(9-12)23-8-7-22-15/h1-3,6,9-11,19H,4-5,7-8H2. The Bertz CT molecular complexity index is 847. The maximum absolute atomic E-state index is 12.3. The molecule has 0 atom stereocenters. The molecule has 1 aromatic carbocycles. The minimum Gasteiger partial charge on any atom is -0.486 e. The van der Waals surface area contributed by atoms with Crippen molar-refractivity contribution in [3.05, 3.63) is 42.7 Å². The van der Waals surface area contributed by atoms with E-state index in [9.17, 15) is 4.39 Å². The van der Waals surface area contributed by atoms with Crippen LogP contribution in [0.25, 0.3) is 16.9 Å². The van der Waals surface area contributed by atoms with Crippen molar-refractivity contribution in [2.45, 2.75) is 0 Å². The highest BCUT2D eigenvalue weighted by Gasteiger charge is 2.13. The summed E-state index contributed by atoms with van der Waals surface area (Å²) < 4.78 is 25.3. The molecule has 6 heteroatoms. The molecule has 0 saturated carbocycles. The summed E-state index contributed by atoms with van der Waals surface area (Å²) in [6, 6.07) is 9.62. The van der Waals surface area contributed by atoms with Crippen LogP contribution in [0.2, 0.25) is 0 Å². The number of anilines is 1. The highest BCUT2D eigenvalue weighted by molar-refractivity contribution is 5.67. The van der Waals surface area contributed by atoms with E-state index in [-0.39, 0.29) is 0 Å². The minimum atomic E-state index is -0.401. The van der Waals surface area contributed by atoms with Gasteiger partial charge in [-0.25, -0.2) is 9.37 Å². The van der Waals surface area contributed by atoms with Crippen molar-refractivity contribution < 1.29 is 13.9 Å². The predicted octanol–water partition coefficient (Wildman–Crippen LogP) is 3.15. The second-order valence-corrected chi connectivity index (χ2v) is 5.28. The largest absolute Gasteiger partial charge is 0.486 e. The normalized spacial score (nSPS) is 13.3. The SMILES string of the molecule is FCCNc1ccn2cc(-c3ccc4c(c3)OCCO4)nc2c1. The van der Waals surface area contributed by atoms with Gasteiger partial charge in [-0.3, -0.25) is 0 Å². The zero-order chi connectivity index (χ0) is 15.6. The van der Waals surface area contributed by atoms with Gasteiger partial charge in [0.15, 0.2) is 11.5 Å². The van der Waals surface area contributed by atoms with Crippen LogP contribution in [0.1, 0.15) is 0 Å². The second kappa shape index (κ2) is 5.79. The Kier molecular flexibility index (Phi) is 3.49. The summed E-state index contributed by atoms with van der Waals surface area (Å²) in [5.41, 5.74) is 3.48. The van der Waals surface area contributed by atoms with E-state index in [0.717, 1.165) is 34.1 Å². The molecule has 1 aliphatic heterocycles. The lowest BCUT2D eigenvalue weighted by Crippen LogP contribution is -2.15. The number of pyridine rings is 1. The molecule has 3 aromatic rings. The van der Waals surface area contributed by atoms with Crippen LogP contribution < -0.4 is 14.8 Å². The molecular formula is C17H16FN3O2. The number of aromatic nitrogens is 2. The van der Waals surface area contributed by atoms with Crippen molar-refractivity contribution >= 4 is 11.3 Å². The molecule has 3 heterocycles. The predicted molar refractivity (Wildman–Crippen MR) is 86.1 cm³/mol. The van der Waals surface area contributed by atoms with Crippen molar-refractivity contribution in [3.8, 4) is 22.8 Å². The summed E-state index contributed by atoms with van der Waals surface area (Å²) in [6.07, 6.45) is 3.87. The number of rotatable bonds is 4. The number of hydrogen-bond donors (Lipinski definition) is 1. The third kappa shape index (κ3) is 2.67. The molecule has 5 nitrogen and oxygen atoms in total. The maximum Gasteiger partial charge on any atom is 0.162 e. The smallest absolute Gasteiger partial charge is 0.162 e. The van der Waals surface area contributed by atoms with E-state index in [2.05, 4.69) is 10.3 Å². The Hall–Kier alpha value is -2.76. The quantitative estimate of drug-likeness (QED) is 0.804. The fourth-order valence-corrected chi connectivity index (χ4v) is 2.63. The molecule has 1 aliphatic rings. The van der Waals surface area contributed by atoms with Crippen LogP contribution in [0.5, 0.6) is 11.5 Å². The fraction of sp³-hybridized carbons (Fsp3) is 0.235. The summed E-state index contributed by atoms with van der Waals surface area (Å²) in [5.74, 6) is 1.51. The highest BCUT2D eigenvalue weighted by Crippen LogP contribution is 2.34. The summed E-state index contributed by atoms with van der Waals surface area (Å²) >= 11 is 0. The van der Waals surface area contributed by atoms with Crippen LogP contribution in [0.4, 0.5) is 10.1 Å². The molecule has 0 radical (unpaired) electrons. The molecule has 4 rings (SSSR count). The first-order chi connectivity index (χ1) is 11.3.